The van der Waals surface area contributed by atoms with Crippen molar-refractivity contribution < 1.29 is 14.2 Å². The van der Waals surface area contributed by atoms with Gasteiger partial charge in [-0.1, -0.05) is 29.3 Å². The lowest BCUT2D eigenvalue weighted by atomic mass is 10.1. The molecule has 1 aromatic heterocycles. The Bertz CT molecular complexity index is 1590. The SMILES string of the molecule is CN(C(=S)NN)c1ccc(N2CCN(c3ccc(OC[C@@H]4CO[C@@](Cn5cncn5)(c5ccc(Cl)cc5Cl)O4)cc3)CC2)cc1. The van der Waals surface area contributed by atoms with Gasteiger partial charge in [-0.25, -0.2) is 15.5 Å². The van der Waals surface area contributed by atoms with Crippen molar-refractivity contribution in [2.24, 2.45) is 5.84 Å². The molecule has 0 saturated carbocycles. The summed E-state index contributed by atoms with van der Waals surface area (Å²) in [5.74, 6) is 5.06. The van der Waals surface area contributed by atoms with E-state index in [1.54, 1.807) is 23.1 Å². The van der Waals surface area contributed by atoms with Gasteiger partial charge in [0.1, 0.15) is 37.7 Å². The van der Waals surface area contributed by atoms with Crippen molar-refractivity contribution in [2.45, 2.75) is 18.4 Å². The van der Waals surface area contributed by atoms with E-state index < -0.39 is 5.79 Å². The van der Waals surface area contributed by atoms with Gasteiger partial charge in [-0.05, 0) is 72.9 Å². The zero-order chi connectivity index (χ0) is 31.4. The van der Waals surface area contributed by atoms with Crippen molar-refractivity contribution in [2.75, 3.05) is 61.1 Å². The van der Waals surface area contributed by atoms with E-state index in [0.29, 0.717) is 33.9 Å². The van der Waals surface area contributed by atoms with Gasteiger partial charge in [-0.3, -0.25) is 0 Å². The first kappa shape index (κ1) is 31.3. The first-order valence-corrected chi connectivity index (χ1v) is 15.7. The quantitative estimate of drug-likeness (QED) is 0.150. The molecule has 6 rings (SSSR count). The summed E-state index contributed by atoms with van der Waals surface area (Å²) >= 11 is 17.9. The van der Waals surface area contributed by atoms with Crippen LogP contribution >= 0.6 is 35.4 Å². The second kappa shape index (κ2) is 13.8. The van der Waals surface area contributed by atoms with Crippen LogP contribution in [0.3, 0.4) is 0 Å². The number of aromatic nitrogens is 3. The zero-order valence-corrected chi connectivity index (χ0v) is 27.0. The Morgan fingerprint density at radius 3 is 2.31 bits per heavy atom. The van der Waals surface area contributed by atoms with Crippen molar-refractivity contribution in [3.63, 3.8) is 0 Å². The summed E-state index contributed by atoms with van der Waals surface area (Å²) < 4.78 is 20.5. The Labute approximate surface area is 277 Å². The van der Waals surface area contributed by atoms with Crippen LogP contribution < -0.4 is 30.7 Å². The molecular weight excluding hydrogens is 635 g/mol. The number of ether oxygens (including phenoxy) is 3. The molecular formula is C31H34Cl2N8O3S. The average molecular weight is 670 g/mol. The van der Waals surface area contributed by atoms with Gasteiger partial charge in [0.15, 0.2) is 5.11 Å². The minimum atomic E-state index is -1.15. The molecule has 0 amide bonds. The first-order valence-electron chi connectivity index (χ1n) is 14.5. The van der Waals surface area contributed by atoms with Gasteiger partial charge >= 0.3 is 0 Å². The number of nitrogens with two attached hydrogens (primary N) is 1. The fourth-order valence-corrected chi connectivity index (χ4v) is 6.21. The van der Waals surface area contributed by atoms with Crippen molar-refractivity contribution in [3.8, 4) is 5.75 Å². The van der Waals surface area contributed by atoms with E-state index in [1.807, 2.05) is 30.1 Å². The van der Waals surface area contributed by atoms with Crippen LogP contribution in [-0.2, 0) is 21.8 Å². The lowest BCUT2D eigenvalue weighted by Gasteiger charge is -2.37. The lowest BCUT2D eigenvalue weighted by molar-refractivity contribution is -0.190. The summed E-state index contributed by atoms with van der Waals surface area (Å²) in [4.78, 5) is 10.7. The molecule has 0 bridgehead atoms. The highest BCUT2D eigenvalue weighted by atomic mass is 35.5. The fraction of sp³-hybridized carbons (Fsp3) is 0.323. The summed E-state index contributed by atoms with van der Waals surface area (Å²) in [5, 5.41) is 5.68. The number of hydrogen-bond donors (Lipinski definition) is 2. The molecule has 0 aliphatic carbocycles. The van der Waals surface area contributed by atoms with E-state index in [4.69, 9.17) is 55.5 Å². The number of anilines is 3. The standard InChI is InChI=1S/C31H34Cl2N8O3S/c1-38(30(45)37-34)23-3-5-24(6-4-23)39-12-14-40(15-13-39)25-7-9-26(10-8-25)42-17-27-18-43-31(44-27,19-41-21-35-20-36-41)28-11-2-22(32)16-29(28)33/h2-11,16,20-21,27H,12-15,17-19,34H2,1H3,(H,37,45)/t27-,31-/m1/s1. The minimum absolute atomic E-state index is 0.274. The van der Waals surface area contributed by atoms with Crippen molar-refractivity contribution in [1.29, 1.82) is 0 Å². The fourth-order valence-electron chi connectivity index (χ4n) is 5.55. The van der Waals surface area contributed by atoms with Gasteiger partial charge in [0.25, 0.3) is 0 Å². The van der Waals surface area contributed by atoms with Crippen molar-refractivity contribution in [1.82, 2.24) is 20.2 Å². The van der Waals surface area contributed by atoms with Gasteiger partial charge in [-0.2, -0.15) is 5.10 Å². The highest BCUT2D eigenvalue weighted by Crippen LogP contribution is 2.40. The molecule has 3 N–H and O–H groups in total. The van der Waals surface area contributed by atoms with Crippen LogP contribution in [0.1, 0.15) is 5.56 Å². The predicted octanol–water partition coefficient (Wildman–Crippen LogP) is 4.44. The summed E-state index contributed by atoms with van der Waals surface area (Å²) in [6.07, 6.45) is 2.75. The molecule has 2 fully saturated rings. The van der Waals surface area contributed by atoms with E-state index in [-0.39, 0.29) is 12.6 Å². The highest BCUT2D eigenvalue weighted by molar-refractivity contribution is 7.80. The third kappa shape index (κ3) is 7.11. The number of hydrogen-bond acceptors (Lipinski definition) is 9. The van der Waals surface area contributed by atoms with Gasteiger partial charge in [0.05, 0.1) is 11.6 Å². The van der Waals surface area contributed by atoms with E-state index in [0.717, 1.165) is 43.3 Å². The van der Waals surface area contributed by atoms with Gasteiger partial charge < -0.3 is 34.3 Å². The molecule has 0 radical (unpaired) electrons. The zero-order valence-electron chi connectivity index (χ0n) is 24.7. The largest absolute Gasteiger partial charge is 0.491 e. The Kier molecular flexibility index (Phi) is 9.59. The van der Waals surface area contributed by atoms with Crippen LogP contribution in [0, 0.1) is 0 Å². The molecule has 11 nitrogen and oxygen atoms in total. The maximum absolute atomic E-state index is 6.57. The molecule has 0 unspecified atom stereocenters. The molecule has 4 aromatic rings. The molecule has 2 saturated heterocycles. The van der Waals surface area contributed by atoms with Crippen molar-refractivity contribution >= 4 is 57.6 Å². The second-order valence-electron chi connectivity index (χ2n) is 10.8. The Balaban J connectivity index is 1.02. The van der Waals surface area contributed by atoms with Crippen LogP contribution in [0.25, 0.3) is 0 Å². The van der Waals surface area contributed by atoms with E-state index >= 15 is 0 Å². The highest BCUT2D eigenvalue weighted by Gasteiger charge is 2.45. The van der Waals surface area contributed by atoms with Gasteiger partial charge in [0, 0.05) is 60.9 Å². The maximum atomic E-state index is 6.57. The van der Waals surface area contributed by atoms with Gasteiger partial charge in [-0.15, -0.1) is 0 Å². The number of piperazine rings is 1. The number of nitrogens with zero attached hydrogens (tertiary/aromatic N) is 6. The van der Waals surface area contributed by atoms with Crippen LogP contribution in [0.4, 0.5) is 17.1 Å². The first-order chi connectivity index (χ1) is 21.8. The maximum Gasteiger partial charge on any atom is 0.217 e. The monoisotopic (exact) mass is 668 g/mol. The Morgan fingerprint density at radius 2 is 1.71 bits per heavy atom. The van der Waals surface area contributed by atoms with E-state index in [9.17, 15) is 0 Å². The summed E-state index contributed by atoms with van der Waals surface area (Å²) in [7, 11) is 1.88. The Morgan fingerprint density at radius 1 is 1.04 bits per heavy atom. The number of halogens is 2. The summed E-state index contributed by atoms with van der Waals surface area (Å²) in [6, 6.07) is 21.8. The van der Waals surface area contributed by atoms with Gasteiger partial charge in [0.2, 0.25) is 5.79 Å². The van der Waals surface area contributed by atoms with Crippen LogP contribution in [0.2, 0.25) is 10.0 Å². The number of hydrazine groups is 1. The Hall–Kier alpha value is -3.65. The molecule has 3 heterocycles. The van der Waals surface area contributed by atoms with Crippen molar-refractivity contribution in [3.05, 3.63) is 95.0 Å². The summed E-state index contributed by atoms with van der Waals surface area (Å²) in [5.41, 5.74) is 6.51. The number of thiocarbonyl (C=S) groups is 1. The van der Waals surface area contributed by atoms with Crippen LogP contribution in [-0.4, -0.2) is 72.4 Å². The molecule has 236 valence electrons. The molecule has 3 aromatic carbocycles. The van der Waals surface area contributed by atoms with E-state index in [2.05, 4.69) is 61.7 Å². The van der Waals surface area contributed by atoms with Crippen LogP contribution in [0.5, 0.6) is 5.75 Å². The normalized spacial score (nSPS) is 19.9. The average Bonchev–Trinajstić information content (AvgIpc) is 3.74. The smallest absolute Gasteiger partial charge is 0.217 e. The topological polar surface area (TPSA) is 106 Å². The number of nitrogens with one attached hydrogen (secondary N) is 1. The predicted molar refractivity (Wildman–Crippen MR) is 180 cm³/mol. The molecule has 2 aliphatic rings. The second-order valence-corrected chi connectivity index (χ2v) is 12.1. The van der Waals surface area contributed by atoms with Crippen LogP contribution in [0.15, 0.2) is 79.4 Å². The molecule has 2 aliphatic heterocycles. The molecule has 45 heavy (non-hydrogen) atoms. The lowest BCUT2D eigenvalue weighted by Crippen LogP contribution is -2.46. The molecule has 0 spiro atoms. The number of benzene rings is 3. The summed E-state index contributed by atoms with van der Waals surface area (Å²) in [6.45, 7) is 4.58. The third-order valence-electron chi connectivity index (χ3n) is 7.99. The molecule has 2 atom stereocenters. The minimum Gasteiger partial charge on any atom is -0.491 e. The number of rotatable bonds is 9. The van der Waals surface area contributed by atoms with E-state index in [1.165, 1.54) is 12.0 Å². The molecule has 14 heteroatoms. The third-order valence-corrected chi connectivity index (χ3v) is 8.92.